The van der Waals surface area contributed by atoms with Gasteiger partial charge in [0.2, 0.25) is 0 Å². The number of rotatable bonds is 7. The van der Waals surface area contributed by atoms with Crippen molar-refractivity contribution in [3.8, 4) is 0 Å². The number of hydrogen-bond acceptors (Lipinski definition) is 0. The third-order valence-corrected chi connectivity index (χ3v) is 6.95. The van der Waals surface area contributed by atoms with Gasteiger partial charge in [0.1, 0.15) is 0 Å². The Morgan fingerprint density at radius 1 is 1.05 bits per heavy atom. The van der Waals surface area contributed by atoms with Crippen molar-refractivity contribution in [1.82, 2.24) is 0 Å². The second-order valence-electron chi connectivity index (χ2n) is 7.71. The van der Waals surface area contributed by atoms with Gasteiger partial charge in [0, 0.05) is 0 Å². The first-order valence-corrected chi connectivity index (χ1v) is 9.14. The zero-order chi connectivity index (χ0) is 13.9. The molecule has 0 aromatic carbocycles. The average Bonchev–Trinajstić information content (AvgIpc) is 3.12. The topological polar surface area (TPSA) is 0 Å². The molecule has 2 rings (SSSR count). The zero-order valence-electron chi connectivity index (χ0n) is 13.9. The van der Waals surface area contributed by atoms with E-state index in [0.717, 1.165) is 17.3 Å². The second-order valence-corrected chi connectivity index (χ2v) is 7.71. The molecule has 2 aliphatic rings. The lowest BCUT2D eigenvalue weighted by molar-refractivity contribution is 0.0510. The normalized spacial score (nSPS) is 35.1. The van der Waals surface area contributed by atoms with E-state index >= 15 is 0 Å². The molecule has 0 bridgehead atoms. The molecule has 2 fully saturated rings. The van der Waals surface area contributed by atoms with E-state index in [0.29, 0.717) is 5.41 Å². The van der Waals surface area contributed by atoms with Gasteiger partial charge in [-0.25, -0.2) is 0 Å². The first-order chi connectivity index (χ1) is 9.14. The van der Waals surface area contributed by atoms with Gasteiger partial charge in [0.05, 0.1) is 0 Å². The van der Waals surface area contributed by atoms with E-state index in [4.69, 9.17) is 0 Å². The molecule has 2 aliphatic carbocycles. The highest BCUT2D eigenvalue weighted by atomic mass is 14.7. The molecule has 0 aromatic heterocycles. The minimum Gasteiger partial charge on any atom is -0.0654 e. The van der Waals surface area contributed by atoms with Gasteiger partial charge >= 0.3 is 0 Å². The predicted molar refractivity (Wildman–Crippen MR) is 85.3 cm³/mol. The molecule has 0 heteroatoms. The lowest BCUT2D eigenvalue weighted by atomic mass is 9.60. The highest BCUT2D eigenvalue weighted by Crippen LogP contribution is 2.70. The van der Waals surface area contributed by atoms with Crippen molar-refractivity contribution in [3.05, 3.63) is 0 Å². The maximum atomic E-state index is 2.52. The largest absolute Gasteiger partial charge is 0.0654 e. The smallest absolute Gasteiger partial charge is 0.0215 e. The van der Waals surface area contributed by atoms with E-state index in [1.807, 2.05) is 0 Å². The monoisotopic (exact) mass is 264 g/mol. The second kappa shape index (κ2) is 6.19. The SMILES string of the molecule is CCCC(CC)(CC1CCCCC1)C1(CC)CC1C. The van der Waals surface area contributed by atoms with E-state index in [1.54, 1.807) is 6.42 Å². The summed E-state index contributed by atoms with van der Waals surface area (Å²) in [4.78, 5) is 0. The Balaban J connectivity index is 2.13. The van der Waals surface area contributed by atoms with Crippen LogP contribution in [0.1, 0.15) is 98.3 Å². The van der Waals surface area contributed by atoms with Crippen molar-refractivity contribution >= 4 is 0 Å². The van der Waals surface area contributed by atoms with Crippen molar-refractivity contribution in [3.63, 3.8) is 0 Å². The highest BCUT2D eigenvalue weighted by Gasteiger charge is 2.61. The molecule has 2 saturated carbocycles. The van der Waals surface area contributed by atoms with E-state index in [9.17, 15) is 0 Å². The molecule has 0 heterocycles. The summed E-state index contributed by atoms with van der Waals surface area (Å²) < 4.78 is 0. The van der Waals surface area contributed by atoms with E-state index in [2.05, 4.69) is 27.7 Å². The molecular weight excluding hydrogens is 228 g/mol. The first-order valence-electron chi connectivity index (χ1n) is 9.14. The summed E-state index contributed by atoms with van der Waals surface area (Å²) in [5.41, 5.74) is 1.40. The predicted octanol–water partition coefficient (Wildman–Crippen LogP) is 6.59. The summed E-state index contributed by atoms with van der Waals surface area (Å²) in [5, 5.41) is 0. The van der Waals surface area contributed by atoms with E-state index < -0.39 is 0 Å². The van der Waals surface area contributed by atoms with Crippen LogP contribution in [0.15, 0.2) is 0 Å². The fourth-order valence-corrected chi connectivity index (χ4v) is 5.74. The van der Waals surface area contributed by atoms with Crippen LogP contribution in [0.5, 0.6) is 0 Å². The summed E-state index contributed by atoms with van der Waals surface area (Å²) in [6.07, 6.45) is 16.4. The molecule has 19 heavy (non-hydrogen) atoms. The van der Waals surface area contributed by atoms with Gasteiger partial charge in [0.25, 0.3) is 0 Å². The third kappa shape index (κ3) is 2.74. The summed E-state index contributed by atoms with van der Waals surface area (Å²) in [5.74, 6) is 2.05. The van der Waals surface area contributed by atoms with E-state index in [-0.39, 0.29) is 0 Å². The molecule has 0 N–H and O–H groups in total. The van der Waals surface area contributed by atoms with Gasteiger partial charge in [-0.2, -0.15) is 0 Å². The average molecular weight is 264 g/mol. The molecule has 3 unspecified atom stereocenters. The molecule has 0 spiro atoms. The van der Waals surface area contributed by atoms with Crippen LogP contribution in [0, 0.1) is 22.7 Å². The maximum absolute atomic E-state index is 2.52. The maximum Gasteiger partial charge on any atom is -0.0215 e. The lowest BCUT2D eigenvalue weighted by Gasteiger charge is -2.45. The quantitative estimate of drug-likeness (QED) is 0.486. The Hall–Kier alpha value is 0. The Kier molecular flexibility index (Phi) is 5.01. The fourth-order valence-electron chi connectivity index (χ4n) is 5.74. The minimum absolute atomic E-state index is 0.678. The van der Waals surface area contributed by atoms with Crippen molar-refractivity contribution in [2.45, 2.75) is 98.3 Å². The van der Waals surface area contributed by atoms with Crippen molar-refractivity contribution in [2.24, 2.45) is 22.7 Å². The third-order valence-electron chi connectivity index (χ3n) is 6.95. The standard InChI is InChI=1S/C19H36/c1-5-13-18(6-2,19(7-3)14-16(19)4)15-17-11-9-8-10-12-17/h16-17H,5-15H2,1-4H3. The molecule has 0 saturated heterocycles. The molecular formula is C19H36. The summed E-state index contributed by atoms with van der Waals surface area (Å²) >= 11 is 0. The molecule has 0 amide bonds. The molecule has 0 nitrogen and oxygen atoms in total. The van der Waals surface area contributed by atoms with Crippen molar-refractivity contribution in [2.75, 3.05) is 0 Å². The van der Waals surface area contributed by atoms with Gasteiger partial charge in [-0.15, -0.1) is 0 Å². The van der Waals surface area contributed by atoms with Crippen LogP contribution in [0.4, 0.5) is 0 Å². The number of hydrogen-bond donors (Lipinski definition) is 0. The van der Waals surface area contributed by atoms with Crippen LogP contribution in [0.25, 0.3) is 0 Å². The highest BCUT2D eigenvalue weighted by molar-refractivity contribution is 5.10. The first kappa shape index (κ1) is 15.4. The molecule has 0 aliphatic heterocycles. The van der Waals surface area contributed by atoms with Crippen LogP contribution < -0.4 is 0 Å². The van der Waals surface area contributed by atoms with Gasteiger partial charge in [-0.1, -0.05) is 66.2 Å². The fraction of sp³-hybridized carbons (Fsp3) is 1.00. The summed E-state index contributed by atoms with van der Waals surface area (Å²) in [6.45, 7) is 9.87. The lowest BCUT2D eigenvalue weighted by Crippen LogP contribution is -2.35. The molecule has 0 aromatic rings. The summed E-state index contributed by atoms with van der Waals surface area (Å²) in [6, 6.07) is 0. The Bertz CT molecular complexity index is 272. The molecule has 0 radical (unpaired) electrons. The van der Waals surface area contributed by atoms with Crippen LogP contribution in [-0.4, -0.2) is 0 Å². The summed E-state index contributed by atoms with van der Waals surface area (Å²) in [7, 11) is 0. The van der Waals surface area contributed by atoms with Gasteiger partial charge < -0.3 is 0 Å². The van der Waals surface area contributed by atoms with E-state index in [1.165, 1.54) is 64.2 Å². The Labute approximate surface area is 121 Å². The Morgan fingerprint density at radius 3 is 2.11 bits per heavy atom. The van der Waals surface area contributed by atoms with Crippen LogP contribution in [0.2, 0.25) is 0 Å². The van der Waals surface area contributed by atoms with Crippen LogP contribution >= 0.6 is 0 Å². The van der Waals surface area contributed by atoms with Gasteiger partial charge in [-0.3, -0.25) is 0 Å². The van der Waals surface area contributed by atoms with Crippen molar-refractivity contribution < 1.29 is 0 Å². The minimum atomic E-state index is 0.678. The van der Waals surface area contributed by atoms with Crippen LogP contribution in [0.3, 0.4) is 0 Å². The molecule has 112 valence electrons. The van der Waals surface area contributed by atoms with Crippen molar-refractivity contribution in [1.29, 1.82) is 0 Å². The zero-order valence-corrected chi connectivity index (χ0v) is 13.9. The van der Waals surface area contributed by atoms with Gasteiger partial charge in [-0.05, 0) is 54.8 Å². The van der Waals surface area contributed by atoms with Gasteiger partial charge in [0.15, 0.2) is 0 Å². The Morgan fingerprint density at radius 2 is 1.68 bits per heavy atom. The van der Waals surface area contributed by atoms with Crippen LogP contribution in [-0.2, 0) is 0 Å². The molecule has 3 atom stereocenters.